The van der Waals surface area contributed by atoms with Gasteiger partial charge in [0.25, 0.3) is 5.91 Å². The lowest BCUT2D eigenvalue weighted by Crippen LogP contribution is -2.18. The molecule has 4 aromatic heterocycles. The number of carbonyl (C=O) groups excluding carboxylic acids is 2. The highest BCUT2D eigenvalue weighted by Crippen LogP contribution is 2.29. The van der Waals surface area contributed by atoms with Crippen LogP contribution in [0.3, 0.4) is 0 Å². The van der Waals surface area contributed by atoms with E-state index >= 15 is 0 Å². The van der Waals surface area contributed by atoms with E-state index in [1.54, 1.807) is 12.1 Å². The van der Waals surface area contributed by atoms with Crippen molar-refractivity contribution >= 4 is 51.6 Å². The molecule has 47 heavy (non-hydrogen) atoms. The van der Waals surface area contributed by atoms with Gasteiger partial charge in [-0.2, -0.15) is 5.10 Å². The maximum absolute atomic E-state index is 13.4. The summed E-state index contributed by atoms with van der Waals surface area (Å²) in [5.74, 6) is 1.44. The molecule has 1 aliphatic carbocycles. The number of fused-ring (bicyclic) bond motifs is 3. The highest BCUT2D eigenvalue weighted by atomic mass is 16.5. The van der Waals surface area contributed by atoms with Crippen LogP contribution in [0, 0.1) is 13.8 Å². The molecule has 2 amide bonds. The molecule has 0 bridgehead atoms. The summed E-state index contributed by atoms with van der Waals surface area (Å²) in [6.45, 7) is 8.05. The minimum atomic E-state index is -0.496. The van der Waals surface area contributed by atoms with Gasteiger partial charge >= 0.3 is 0 Å². The molecule has 4 N–H and O–H groups in total. The fraction of sp³-hybridized carbons (Fsp3) is 0.353. The van der Waals surface area contributed by atoms with Crippen LogP contribution in [-0.2, 0) is 32.5 Å². The first-order valence-corrected chi connectivity index (χ1v) is 16.2. The van der Waals surface area contributed by atoms with Gasteiger partial charge in [-0.1, -0.05) is 17.3 Å². The van der Waals surface area contributed by atoms with E-state index in [1.807, 2.05) is 42.8 Å². The number of aromatic nitrogens is 7. The summed E-state index contributed by atoms with van der Waals surface area (Å²) in [7, 11) is 0. The third-order valence-electron chi connectivity index (χ3n) is 8.85. The van der Waals surface area contributed by atoms with E-state index in [-0.39, 0.29) is 11.7 Å². The number of anilines is 3. The number of nitrogens with zero attached hydrogens (tertiary/aromatic N) is 7. The topological polar surface area (TPSA) is 164 Å². The van der Waals surface area contributed by atoms with Crippen molar-refractivity contribution < 1.29 is 14.1 Å². The molecule has 13 nitrogen and oxygen atoms in total. The largest absolute Gasteiger partial charge is 0.366 e. The van der Waals surface area contributed by atoms with Gasteiger partial charge in [0.05, 0.1) is 33.5 Å². The highest BCUT2D eigenvalue weighted by molar-refractivity contribution is 6.03. The van der Waals surface area contributed by atoms with Crippen molar-refractivity contribution in [3.05, 3.63) is 76.3 Å². The maximum Gasteiger partial charge on any atom is 0.296 e. The van der Waals surface area contributed by atoms with Crippen molar-refractivity contribution in [2.24, 2.45) is 5.73 Å². The molecule has 0 radical (unpaired) electrons. The Labute approximate surface area is 271 Å². The third-order valence-corrected chi connectivity index (χ3v) is 8.85. The number of hydrogen-bond acceptors (Lipinski definition) is 8. The minimum absolute atomic E-state index is 0.279. The van der Waals surface area contributed by atoms with E-state index < -0.39 is 5.91 Å². The Kier molecular flexibility index (Phi) is 7.96. The first kappa shape index (κ1) is 30.2. The first-order chi connectivity index (χ1) is 22.8. The van der Waals surface area contributed by atoms with Crippen LogP contribution in [0.5, 0.6) is 0 Å². The van der Waals surface area contributed by atoms with Crippen LogP contribution >= 0.6 is 0 Å². The Hall–Kier alpha value is -5.46. The second kappa shape index (κ2) is 12.4. The molecule has 1 aliphatic rings. The zero-order valence-electron chi connectivity index (χ0n) is 26.8. The molecule has 0 atom stereocenters. The van der Waals surface area contributed by atoms with Crippen molar-refractivity contribution in [3.8, 4) is 0 Å². The summed E-state index contributed by atoms with van der Waals surface area (Å²) in [4.78, 5) is 35.0. The van der Waals surface area contributed by atoms with Crippen molar-refractivity contribution in [1.29, 1.82) is 0 Å². The number of primary amides is 1. The van der Waals surface area contributed by atoms with Gasteiger partial charge in [0, 0.05) is 36.8 Å². The number of hydrogen-bond donors (Lipinski definition) is 3. The lowest BCUT2D eigenvalue weighted by atomic mass is 9.96. The number of amides is 2. The average Bonchev–Trinajstić information content (AvgIpc) is 3.82. The fourth-order valence-electron chi connectivity index (χ4n) is 6.55. The van der Waals surface area contributed by atoms with Gasteiger partial charge in [0.2, 0.25) is 23.6 Å². The molecule has 242 valence electrons. The van der Waals surface area contributed by atoms with E-state index in [4.69, 9.17) is 20.2 Å². The Morgan fingerprint density at radius 2 is 1.74 bits per heavy atom. The second-order valence-electron chi connectivity index (χ2n) is 12.1. The molecule has 7 rings (SSSR count). The average molecular weight is 635 g/mol. The standard InChI is InChI=1S/C34H38N10O3/c1-4-44-28(18-21(3)40-44)38-33-37-26-19-22(31(35)45)14-15-27(26)42(33)16-7-8-17-43-29-20(2)10-9-13-25(29)36-34(43)39-32(46)30-23-11-5-6-12-24(23)41-47-30/h9-10,13-15,18-19H,4-8,11-12,16-17H2,1-3H3,(H2,35,45)(H,37,38)(H,36,39,46). The van der Waals surface area contributed by atoms with Gasteiger partial charge < -0.3 is 24.7 Å². The van der Waals surface area contributed by atoms with Gasteiger partial charge in [-0.3, -0.25) is 14.9 Å². The molecule has 0 fully saturated rings. The van der Waals surface area contributed by atoms with Gasteiger partial charge in [0.1, 0.15) is 5.82 Å². The number of nitrogens with one attached hydrogen (secondary N) is 2. The molecular weight excluding hydrogens is 596 g/mol. The normalized spacial score (nSPS) is 12.9. The van der Waals surface area contributed by atoms with Crippen LogP contribution in [-0.4, -0.2) is 45.9 Å². The SMILES string of the molecule is CCn1nc(C)cc1Nc1nc2cc(C(N)=O)ccc2n1CCCCn1c(NC(=O)c2onc3c2CCCC3)nc2cccc(C)c21. The first-order valence-electron chi connectivity index (χ1n) is 16.2. The number of carbonyl (C=O) groups is 2. The quantitative estimate of drug-likeness (QED) is 0.154. The van der Waals surface area contributed by atoms with Crippen molar-refractivity contribution in [2.75, 3.05) is 10.6 Å². The Morgan fingerprint density at radius 1 is 0.957 bits per heavy atom. The summed E-state index contributed by atoms with van der Waals surface area (Å²) < 4.78 is 11.6. The number of nitrogens with two attached hydrogens (primary N) is 1. The van der Waals surface area contributed by atoms with E-state index in [9.17, 15) is 9.59 Å². The number of aryl methyl sites for hydroxylation is 6. The van der Waals surface area contributed by atoms with Crippen LogP contribution in [0.1, 0.15) is 76.0 Å². The van der Waals surface area contributed by atoms with E-state index in [1.165, 1.54) is 0 Å². The summed E-state index contributed by atoms with van der Waals surface area (Å²) in [5, 5.41) is 15.2. The molecule has 13 heteroatoms. The number of benzene rings is 2. The molecule has 0 aliphatic heterocycles. The summed E-state index contributed by atoms with van der Waals surface area (Å²) in [6.07, 6.45) is 5.30. The van der Waals surface area contributed by atoms with Gasteiger partial charge in [-0.05, 0) is 89.1 Å². The fourth-order valence-corrected chi connectivity index (χ4v) is 6.55. The summed E-state index contributed by atoms with van der Waals surface area (Å²) in [6, 6.07) is 13.3. The number of rotatable bonds is 11. The molecule has 0 unspecified atom stereocenters. The molecule has 0 saturated carbocycles. The van der Waals surface area contributed by atoms with Gasteiger partial charge in [0.15, 0.2) is 0 Å². The number of para-hydroxylation sites is 1. The Balaban J connectivity index is 1.14. The van der Waals surface area contributed by atoms with Crippen LogP contribution in [0.4, 0.5) is 17.7 Å². The lowest BCUT2D eigenvalue weighted by Gasteiger charge is -2.14. The Morgan fingerprint density at radius 3 is 2.55 bits per heavy atom. The second-order valence-corrected chi connectivity index (χ2v) is 12.1. The van der Waals surface area contributed by atoms with Crippen LogP contribution < -0.4 is 16.4 Å². The summed E-state index contributed by atoms with van der Waals surface area (Å²) in [5.41, 5.74) is 13.1. The van der Waals surface area contributed by atoms with E-state index in [0.29, 0.717) is 42.6 Å². The molecule has 4 heterocycles. The van der Waals surface area contributed by atoms with Gasteiger partial charge in [-0.25, -0.2) is 14.6 Å². The Bertz CT molecular complexity index is 2130. The van der Waals surface area contributed by atoms with Crippen LogP contribution in [0.25, 0.3) is 22.1 Å². The zero-order valence-corrected chi connectivity index (χ0v) is 26.8. The minimum Gasteiger partial charge on any atom is -0.366 e. The highest BCUT2D eigenvalue weighted by Gasteiger charge is 2.26. The monoisotopic (exact) mass is 634 g/mol. The smallest absolute Gasteiger partial charge is 0.296 e. The zero-order chi connectivity index (χ0) is 32.7. The van der Waals surface area contributed by atoms with E-state index in [0.717, 1.165) is 83.4 Å². The van der Waals surface area contributed by atoms with Crippen LogP contribution in [0.15, 0.2) is 47.0 Å². The van der Waals surface area contributed by atoms with Crippen LogP contribution in [0.2, 0.25) is 0 Å². The predicted octanol–water partition coefficient (Wildman–Crippen LogP) is 5.66. The van der Waals surface area contributed by atoms with Crippen molar-refractivity contribution in [2.45, 2.75) is 78.9 Å². The molecule has 0 spiro atoms. The van der Waals surface area contributed by atoms with Crippen molar-refractivity contribution in [1.82, 2.24) is 34.0 Å². The molecule has 2 aromatic carbocycles. The maximum atomic E-state index is 13.4. The molecule has 6 aromatic rings. The molecule has 0 saturated heterocycles. The summed E-state index contributed by atoms with van der Waals surface area (Å²) >= 11 is 0. The predicted molar refractivity (Wildman–Crippen MR) is 179 cm³/mol. The molecular formula is C34H38N10O3. The third kappa shape index (κ3) is 5.73. The number of imidazole rings is 2. The van der Waals surface area contributed by atoms with Crippen molar-refractivity contribution in [3.63, 3.8) is 0 Å². The lowest BCUT2D eigenvalue weighted by molar-refractivity contribution is 0.0982. The van der Waals surface area contributed by atoms with Gasteiger partial charge in [-0.15, -0.1) is 0 Å². The van der Waals surface area contributed by atoms with E-state index in [2.05, 4.69) is 43.0 Å². The number of unbranched alkanes of at least 4 members (excludes halogenated alkanes) is 1.